The Hall–Kier alpha value is -1.84. The minimum atomic E-state index is -0.614. The third kappa shape index (κ3) is 1.26. The van der Waals surface area contributed by atoms with Crippen LogP contribution in [0.2, 0.25) is 0 Å². The van der Waals surface area contributed by atoms with Crippen LogP contribution in [0.5, 0.6) is 5.75 Å². The first kappa shape index (κ1) is 7.79. The third-order valence-corrected chi connectivity index (χ3v) is 1.73. The molecule has 4 nitrogen and oxygen atoms in total. The van der Waals surface area contributed by atoms with Gasteiger partial charge in [-0.25, -0.2) is 4.79 Å². The number of para-hydroxylation sites is 1. The van der Waals surface area contributed by atoms with Crippen molar-refractivity contribution in [3.05, 3.63) is 34.9 Å². The van der Waals surface area contributed by atoms with Crippen LogP contribution in [0.3, 0.4) is 0 Å². The Labute approximate surface area is 73.8 Å². The molecule has 0 saturated heterocycles. The monoisotopic (exact) mass is 177 g/mol. The van der Waals surface area contributed by atoms with E-state index in [-0.39, 0.29) is 0 Å². The zero-order chi connectivity index (χ0) is 9.26. The van der Waals surface area contributed by atoms with Gasteiger partial charge in [0.25, 0.3) is 0 Å². The fourth-order valence-electron chi connectivity index (χ4n) is 1.14. The van der Waals surface area contributed by atoms with E-state index in [0.717, 1.165) is 5.39 Å². The van der Waals surface area contributed by atoms with E-state index in [9.17, 15) is 4.79 Å². The molecule has 66 valence electrons. The van der Waals surface area contributed by atoms with Crippen LogP contribution in [-0.4, -0.2) is 12.1 Å². The van der Waals surface area contributed by atoms with E-state index < -0.39 is 5.76 Å². The molecule has 4 heteroatoms. The second-order valence-electron chi connectivity index (χ2n) is 2.50. The summed E-state index contributed by atoms with van der Waals surface area (Å²) in [5, 5.41) is 0.749. The highest BCUT2D eigenvalue weighted by Gasteiger charge is 2.03. The predicted molar refractivity (Wildman–Crippen MR) is 46.8 cm³/mol. The average Bonchev–Trinajstić information content (AvgIpc) is 2.17. The van der Waals surface area contributed by atoms with E-state index in [0.29, 0.717) is 11.3 Å². The van der Waals surface area contributed by atoms with Gasteiger partial charge in [-0.1, -0.05) is 6.07 Å². The van der Waals surface area contributed by atoms with Crippen molar-refractivity contribution >= 4 is 11.0 Å². The lowest BCUT2D eigenvalue weighted by molar-refractivity contribution is 0.404. The Bertz CT molecular complexity index is 489. The fourth-order valence-corrected chi connectivity index (χ4v) is 1.14. The quantitative estimate of drug-likeness (QED) is 0.656. The molecule has 0 unspecified atom stereocenters. The summed E-state index contributed by atoms with van der Waals surface area (Å²) in [5.74, 6) is -0.0750. The lowest BCUT2D eigenvalue weighted by atomic mass is 10.2. The number of hydrogen-bond acceptors (Lipinski definition) is 4. The number of aromatic nitrogens is 1. The van der Waals surface area contributed by atoms with Crippen molar-refractivity contribution < 1.29 is 9.15 Å². The minimum Gasteiger partial charge on any atom is -0.493 e. The van der Waals surface area contributed by atoms with Crippen LogP contribution in [0.4, 0.5) is 0 Å². The number of fused-ring (bicyclic) bond motifs is 1. The summed E-state index contributed by atoms with van der Waals surface area (Å²) in [6.07, 6.45) is 1.46. The van der Waals surface area contributed by atoms with Crippen LogP contribution < -0.4 is 10.5 Å². The van der Waals surface area contributed by atoms with Crippen LogP contribution >= 0.6 is 0 Å². The van der Waals surface area contributed by atoms with Crippen LogP contribution in [-0.2, 0) is 0 Å². The largest absolute Gasteiger partial charge is 0.493 e. The van der Waals surface area contributed by atoms with E-state index in [4.69, 9.17) is 9.15 Å². The molecule has 0 amide bonds. The molecular weight excluding hydrogens is 170 g/mol. The normalized spacial score (nSPS) is 10.2. The molecule has 2 rings (SSSR count). The first-order valence-electron chi connectivity index (χ1n) is 3.74. The summed E-state index contributed by atoms with van der Waals surface area (Å²) < 4.78 is 9.91. The van der Waals surface area contributed by atoms with Gasteiger partial charge in [0, 0.05) is 11.6 Å². The van der Waals surface area contributed by atoms with Gasteiger partial charge in [-0.3, -0.25) is 0 Å². The van der Waals surface area contributed by atoms with Crippen molar-refractivity contribution in [2.75, 3.05) is 7.11 Å². The van der Waals surface area contributed by atoms with Crippen molar-refractivity contribution in [3.8, 4) is 5.75 Å². The van der Waals surface area contributed by atoms with Gasteiger partial charge in [-0.2, -0.15) is 4.98 Å². The number of rotatable bonds is 1. The molecule has 0 aliphatic rings. The Morgan fingerprint density at radius 1 is 1.46 bits per heavy atom. The molecule has 0 atom stereocenters. The maximum absolute atomic E-state index is 10.8. The Morgan fingerprint density at radius 2 is 2.31 bits per heavy atom. The van der Waals surface area contributed by atoms with Crippen LogP contribution in [0.15, 0.2) is 33.6 Å². The maximum Gasteiger partial charge on any atom is 0.439 e. The van der Waals surface area contributed by atoms with E-state index in [1.165, 1.54) is 13.3 Å². The molecule has 0 saturated carbocycles. The highest BCUT2D eigenvalue weighted by molar-refractivity contribution is 5.81. The molecular formula is C9H7NO3. The topological polar surface area (TPSA) is 52.3 Å². The van der Waals surface area contributed by atoms with Gasteiger partial charge in [-0.05, 0) is 12.1 Å². The van der Waals surface area contributed by atoms with E-state index >= 15 is 0 Å². The number of hydrogen-bond donors (Lipinski definition) is 0. The van der Waals surface area contributed by atoms with Gasteiger partial charge in [-0.15, -0.1) is 0 Å². The van der Waals surface area contributed by atoms with E-state index in [1.807, 2.05) is 6.07 Å². The van der Waals surface area contributed by atoms with Crippen molar-refractivity contribution in [1.29, 1.82) is 0 Å². The predicted octanol–water partition coefficient (Wildman–Crippen LogP) is 1.20. The zero-order valence-corrected chi connectivity index (χ0v) is 6.98. The summed E-state index contributed by atoms with van der Waals surface area (Å²) in [7, 11) is 1.52. The summed E-state index contributed by atoms with van der Waals surface area (Å²) in [5.41, 5.74) is 0.435. The second-order valence-corrected chi connectivity index (χ2v) is 2.50. The summed E-state index contributed by atoms with van der Waals surface area (Å²) in [6, 6.07) is 5.34. The smallest absolute Gasteiger partial charge is 0.439 e. The summed E-state index contributed by atoms with van der Waals surface area (Å²) in [6.45, 7) is 0. The molecule has 13 heavy (non-hydrogen) atoms. The number of methoxy groups -OCH3 is 1. The zero-order valence-electron chi connectivity index (χ0n) is 6.98. The number of nitrogens with zero attached hydrogens (tertiary/aromatic N) is 1. The molecule has 2 aromatic rings. The lowest BCUT2D eigenvalue weighted by Crippen LogP contribution is -2.02. The van der Waals surface area contributed by atoms with Crippen LogP contribution in [0.25, 0.3) is 11.0 Å². The van der Waals surface area contributed by atoms with Crippen LogP contribution in [0, 0.1) is 0 Å². The van der Waals surface area contributed by atoms with Crippen molar-refractivity contribution in [1.82, 2.24) is 4.98 Å². The highest BCUT2D eigenvalue weighted by Crippen LogP contribution is 2.22. The first-order valence-corrected chi connectivity index (χ1v) is 3.74. The first-order chi connectivity index (χ1) is 6.31. The molecule has 0 spiro atoms. The molecule has 0 N–H and O–H groups in total. The van der Waals surface area contributed by atoms with Crippen molar-refractivity contribution in [2.45, 2.75) is 0 Å². The van der Waals surface area contributed by atoms with Crippen LogP contribution in [0.1, 0.15) is 0 Å². The molecule has 1 heterocycles. The summed E-state index contributed by atoms with van der Waals surface area (Å²) in [4.78, 5) is 14.3. The van der Waals surface area contributed by atoms with Gasteiger partial charge in [0.1, 0.15) is 0 Å². The van der Waals surface area contributed by atoms with Gasteiger partial charge in [0.15, 0.2) is 11.3 Å². The van der Waals surface area contributed by atoms with Gasteiger partial charge < -0.3 is 9.15 Å². The van der Waals surface area contributed by atoms with E-state index in [2.05, 4.69) is 4.98 Å². The molecule has 1 aromatic carbocycles. The molecule has 0 aliphatic heterocycles. The van der Waals surface area contributed by atoms with Crippen molar-refractivity contribution in [2.24, 2.45) is 0 Å². The maximum atomic E-state index is 10.8. The highest BCUT2D eigenvalue weighted by atomic mass is 16.5. The number of benzene rings is 1. The molecule has 0 bridgehead atoms. The standard InChI is InChI=1S/C9H7NO3/c1-12-7-4-2-3-6-5-10-9(11)13-8(6)7/h2-5H,1H3. The molecule has 0 radical (unpaired) electrons. The molecule has 0 fully saturated rings. The number of ether oxygens (including phenoxy) is 1. The Morgan fingerprint density at radius 3 is 3.08 bits per heavy atom. The Balaban J connectivity index is 2.87. The Kier molecular flexibility index (Phi) is 1.73. The lowest BCUT2D eigenvalue weighted by Gasteiger charge is -2.01. The second kappa shape index (κ2) is 2.90. The molecule has 0 aliphatic carbocycles. The SMILES string of the molecule is COc1cccc2cnc(=O)oc12. The van der Waals surface area contributed by atoms with Gasteiger partial charge >= 0.3 is 5.76 Å². The van der Waals surface area contributed by atoms with E-state index in [1.54, 1.807) is 12.1 Å². The van der Waals surface area contributed by atoms with Gasteiger partial charge in [0.05, 0.1) is 7.11 Å². The molecule has 1 aromatic heterocycles. The van der Waals surface area contributed by atoms with Crippen molar-refractivity contribution in [3.63, 3.8) is 0 Å². The third-order valence-electron chi connectivity index (χ3n) is 1.73. The average molecular weight is 177 g/mol. The minimum absolute atomic E-state index is 0.435. The van der Waals surface area contributed by atoms with Gasteiger partial charge in [0.2, 0.25) is 0 Å². The summed E-state index contributed by atoms with van der Waals surface area (Å²) >= 11 is 0. The fraction of sp³-hybridized carbons (Fsp3) is 0.111.